The molecular formula is C10H18O2. The van der Waals surface area contributed by atoms with Gasteiger partial charge in [-0.15, -0.1) is 0 Å². The molecule has 1 N–H and O–H groups in total. The van der Waals surface area contributed by atoms with Gasteiger partial charge in [0.1, 0.15) is 5.60 Å². The molecule has 2 unspecified atom stereocenters. The van der Waals surface area contributed by atoms with Crippen molar-refractivity contribution in [3.05, 3.63) is 0 Å². The van der Waals surface area contributed by atoms with E-state index in [0.717, 1.165) is 12.8 Å². The summed E-state index contributed by atoms with van der Waals surface area (Å²) in [7, 11) is 0. The molecule has 0 amide bonds. The van der Waals surface area contributed by atoms with Gasteiger partial charge < -0.3 is 9.84 Å². The maximum Gasteiger partial charge on any atom is 0.123 e. The highest BCUT2D eigenvalue weighted by Crippen LogP contribution is 2.56. The lowest BCUT2D eigenvalue weighted by molar-refractivity contribution is 0.0227. The summed E-state index contributed by atoms with van der Waals surface area (Å²) in [5.74, 6) is 0.658. The average Bonchev–Trinajstić information content (AvgIpc) is 2.48. The van der Waals surface area contributed by atoms with Crippen LogP contribution in [0.5, 0.6) is 0 Å². The van der Waals surface area contributed by atoms with E-state index in [1.807, 2.05) is 0 Å². The van der Waals surface area contributed by atoms with E-state index in [1.165, 1.54) is 6.42 Å². The van der Waals surface area contributed by atoms with Crippen molar-refractivity contribution in [2.45, 2.75) is 57.3 Å². The summed E-state index contributed by atoms with van der Waals surface area (Å²) in [5.41, 5.74) is -0.258. The summed E-state index contributed by atoms with van der Waals surface area (Å²) in [5, 5.41) is 9.88. The van der Waals surface area contributed by atoms with Crippen LogP contribution < -0.4 is 0 Å². The zero-order chi connectivity index (χ0) is 8.98. The highest BCUT2D eigenvalue weighted by atomic mass is 16.6. The molecule has 3 atom stereocenters. The molecular weight excluding hydrogens is 152 g/mol. The zero-order valence-electron chi connectivity index (χ0n) is 8.13. The largest absolute Gasteiger partial charge is 0.390 e. The summed E-state index contributed by atoms with van der Waals surface area (Å²) in [6.45, 7) is 6.35. The standard InChI is InChI=1S/C10H18O2/c1-7-4-5-10(8(11)6-7)9(2,3)12-10/h7-8,11H,4-6H2,1-3H3/t7?,8?,10-/m0/s1. The monoisotopic (exact) mass is 170 g/mol. The Kier molecular flexibility index (Phi) is 1.59. The Bertz CT molecular complexity index is 200. The number of aliphatic hydroxyl groups is 1. The van der Waals surface area contributed by atoms with Gasteiger partial charge in [0.25, 0.3) is 0 Å². The number of rotatable bonds is 0. The van der Waals surface area contributed by atoms with Gasteiger partial charge in [-0.05, 0) is 39.0 Å². The lowest BCUT2D eigenvalue weighted by Crippen LogP contribution is -2.40. The summed E-state index contributed by atoms with van der Waals surface area (Å²) >= 11 is 0. The second-order valence-electron chi connectivity index (χ2n) is 4.90. The van der Waals surface area contributed by atoms with Gasteiger partial charge in [-0.3, -0.25) is 0 Å². The van der Waals surface area contributed by atoms with Crippen molar-refractivity contribution in [2.24, 2.45) is 5.92 Å². The Hall–Kier alpha value is -0.0800. The normalized spacial score (nSPS) is 51.0. The van der Waals surface area contributed by atoms with Crippen LogP contribution in [0.15, 0.2) is 0 Å². The third-order valence-electron chi connectivity index (χ3n) is 3.59. The zero-order valence-corrected chi connectivity index (χ0v) is 8.13. The van der Waals surface area contributed by atoms with E-state index < -0.39 is 0 Å². The highest BCUT2D eigenvalue weighted by Gasteiger charge is 2.68. The van der Waals surface area contributed by atoms with Crippen LogP contribution in [0, 0.1) is 5.92 Å². The molecule has 1 saturated heterocycles. The predicted molar refractivity (Wildman–Crippen MR) is 46.9 cm³/mol. The topological polar surface area (TPSA) is 32.8 Å². The first-order chi connectivity index (χ1) is 5.48. The van der Waals surface area contributed by atoms with Gasteiger partial charge in [0, 0.05) is 0 Å². The molecule has 2 heteroatoms. The van der Waals surface area contributed by atoms with Crippen molar-refractivity contribution >= 4 is 0 Å². The molecule has 2 fully saturated rings. The molecule has 1 aliphatic carbocycles. The Labute approximate surface area is 73.9 Å². The van der Waals surface area contributed by atoms with Gasteiger partial charge in [0.2, 0.25) is 0 Å². The van der Waals surface area contributed by atoms with E-state index in [4.69, 9.17) is 4.74 Å². The molecule has 0 aromatic carbocycles. The minimum absolute atomic E-state index is 0.0768. The molecule has 2 rings (SSSR count). The Balaban J connectivity index is 2.10. The van der Waals surface area contributed by atoms with Crippen molar-refractivity contribution in [3.8, 4) is 0 Å². The molecule has 0 radical (unpaired) electrons. The van der Waals surface area contributed by atoms with Crippen LogP contribution in [-0.4, -0.2) is 22.4 Å². The fourth-order valence-corrected chi connectivity index (χ4v) is 2.57. The van der Waals surface area contributed by atoms with Gasteiger partial charge in [0.05, 0.1) is 11.7 Å². The molecule has 1 aliphatic heterocycles. The Morgan fingerprint density at radius 2 is 2.00 bits per heavy atom. The molecule has 1 heterocycles. The third kappa shape index (κ3) is 0.944. The number of aliphatic hydroxyl groups excluding tert-OH is 1. The van der Waals surface area contributed by atoms with E-state index >= 15 is 0 Å². The van der Waals surface area contributed by atoms with Gasteiger partial charge in [-0.2, -0.15) is 0 Å². The van der Waals surface area contributed by atoms with Crippen molar-refractivity contribution in [2.75, 3.05) is 0 Å². The SMILES string of the molecule is CC1CC[C@]2(OC2(C)C)C(O)C1. The summed E-state index contributed by atoms with van der Waals surface area (Å²) in [4.78, 5) is 0. The second kappa shape index (κ2) is 2.24. The number of hydrogen-bond donors (Lipinski definition) is 1. The minimum Gasteiger partial charge on any atom is -0.390 e. The van der Waals surface area contributed by atoms with Crippen LogP contribution in [0.4, 0.5) is 0 Å². The van der Waals surface area contributed by atoms with Crippen molar-refractivity contribution in [1.82, 2.24) is 0 Å². The maximum absolute atomic E-state index is 9.88. The van der Waals surface area contributed by atoms with Crippen LogP contribution in [0.2, 0.25) is 0 Å². The van der Waals surface area contributed by atoms with Gasteiger partial charge in [0.15, 0.2) is 0 Å². The average molecular weight is 170 g/mol. The van der Waals surface area contributed by atoms with E-state index in [-0.39, 0.29) is 17.3 Å². The maximum atomic E-state index is 9.88. The molecule has 0 aromatic rings. The van der Waals surface area contributed by atoms with Crippen LogP contribution >= 0.6 is 0 Å². The fraction of sp³-hybridized carbons (Fsp3) is 1.00. The number of ether oxygens (including phenoxy) is 1. The van der Waals surface area contributed by atoms with Crippen molar-refractivity contribution in [1.29, 1.82) is 0 Å². The van der Waals surface area contributed by atoms with E-state index in [2.05, 4.69) is 20.8 Å². The first-order valence-corrected chi connectivity index (χ1v) is 4.86. The third-order valence-corrected chi connectivity index (χ3v) is 3.59. The summed E-state index contributed by atoms with van der Waals surface area (Å²) in [6.07, 6.45) is 2.89. The smallest absolute Gasteiger partial charge is 0.123 e. The molecule has 12 heavy (non-hydrogen) atoms. The van der Waals surface area contributed by atoms with Crippen LogP contribution in [0.25, 0.3) is 0 Å². The van der Waals surface area contributed by atoms with Crippen LogP contribution in [0.1, 0.15) is 40.0 Å². The number of hydrogen-bond acceptors (Lipinski definition) is 2. The molecule has 0 bridgehead atoms. The second-order valence-corrected chi connectivity index (χ2v) is 4.90. The lowest BCUT2D eigenvalue weighted by atomic mass is 9.75. The molecule has 1 saturated carbocycles. The van der Waals surface area contributed by atoms with Gasteiger partial charge in [-0.25, -0.2) is 0 Å². The van der Waals surface area contributed by atoms with E-state index in [0.29, 0.717) is 5.92 Å². The Morgan fingerprint density at radius 1 is 1.42 bits per heavy atom. The first kappa shape index (κ1) is 8.52. The van der Waals surface area contributed by atoms with Crippen LogP contribution in [-0.2, 0) is 4.74 Å². The quantitative estimate of drug-likeness (QED) is 0.561. The summed E-state index contributed by atoms with van der Waals surface area (Å²) in [6, 6.07) is 0. The van der Waals surface area contributed by atoms with Crippen LogP contribution in [0.3, 0.4) is 0 Å². The van der Waals surface area contributed by atoms with Crippen molar-refractivity contribution in [3.63, 3.8) is 0 Å². The molecule has 2 aliphatic rings. The van der Waals surface area contributed by atoms with Gasteiger partial charge in [-0.1, -0.05) is 6.92 Å². The van der Waals surface area contributed by atoms with E-state index in [1.54, 1.807) is 0 Å². The van der Waals surface area contributed by atoms with Crippen molar-refractivity contribution < 1.29 is 9.84 Å². The first-order valence-electron chi connectivity index (χ1n) is 4.86. The molecule has 70 valence electrons. The minimum atomic E-state index is -0.240. The lowest BCUT2D eigenvalue weighted by Gasteiger charge is -2.30. The Morgan fingerprint density at radius 3 is 2.42 bits per heavy atom. The molecule has 0 aromatic heterocycles. The highest BCUT2D eigenvalue weighted by molar-refractivity contribution is 5.16. The fourth-order valence-electron chi connectivity index (χ4n) is 2.57. The number of epoxide rings is 1. The van der Waals surface area contributed by atoms with E-state index in [9.17, 15) is 5.11 Å². The molecule has 1 spiro atoms. The predicted octanol–water partition coefficient (Wildman–Crippen LogP) is 1.71. The molecule has 2 nitrogen and oxygen atoms in total. The summed E-state index contributed by atoms with van der Waals surface area (Å²) < 4.78 is 5.64. The van der Waals surface area contributed by atoms with Gasteiger partial charge >= 0.3 is 0 Å².